The number of nitrogens with one attached hydrogen (secondary N) is 1. The zero-order valence-corrected chi connectivity index (χ0v) is 10.8. The van der Waals surface area contributed by atoms with Gasteiger partial charge in [-0.3, -0.25) is 5.10 Å². The average Bonchev–Trinajstić information content (AvgIpc) is 3.00. The Bertz CT molecular complexity index is 383. The van der Waals surface area contributed by atoms with E-state index in [1.807, 2.05) is 0 Å². The quantitative estimate of drug-likeness (QED) is 0.790. The Kier molecular flexibility index (Phi) is 4.61. The molecule has 0 radical (unpaired) electrons. The van der Waals surface area contributed by atoms with E-state index in [2.05, 4.69) is 10.2 Å². The summed E-state index contributed by atoms with van der Waals surface area (Å²) in [7, 11) is 0. The number of nitrogens with zero attached hydrogens (tertiary/aromatic N) is 1. The van der Waals surface area contributed by atoms with Gasteiger partial charge in [0.15, 0.2) is 0 Å². The van der Waals surface area contributed by atoms with E-state index in [1.165, 1.54) is 31.9 Å². The molecule has 2 rings (SSSR count). The van der Waals surface area contributed by atoms with E-state index in [-0.39, 0.29) is 5.97 Å². The van der Waals surface area contributed by atoms with Crippen LogP contribution in [0.1, 0.15) is 49.4 Å². The second-order valence-corrected chi connectivity index (χ2v) is 4.61. The van der Waals surface area contributed by atoms with E-state index in [0.29, 0.717) is 24.7 Å². The standard InChI is InChI=1S/C13H20N2O3/c1-2-17-13(16)11-9-14-15-12(11)18-8-7-10-5-3-4-6-10/h9-10H,2-8H2,1H3,(H,14,15). The molecule has 0 unspecified atom stereocenters. The Hall–Kier alpha value is -1.52. The molecular weight excluding hydrogens is 232 g/mol. The molecule has 100 valence electrons. The topological polar surface area (TPSA) is 64.2 Å². The number of carbonyl (C=O) groups excluding carboxylic acids is 1. The van der Waals surface area contributed by atoms with Crippen molar-refractivity contribution in [2.24, 2.45) is 5.92 Å². The van der Waals surface area contributed by atoms with Crippen molar-refractivity contribution in [2.75, 3.05) is 13.2 Å². The molecule has 0 spiro atoms. The lowest BCUT2D eigenvalue weighted by molar-refractivity contribution is 0.0521. The molecule has 1 aliphatic carbocycles. The van der Waals surface area contributed by atoms with Crippen LogP contribution in [0.4, 0.5) is 0 Å². The molecular formula is C13H20N2O3. The van der Waals surface area contributed by atoms with Crippen molar-refractivity contribution < 1.29 is 14.3 Å². The Labute approximate surface area is 107 Å². The van der Waals surface area contributed by atoms with E-state index in [1.54, 1.807) is 6.92 Å². The van der Waals surface area contributed by atoms with Crippen molar-refractivity contribution in [3.05, 3.63) is 11.8 Å². The molecule has 1 aromatic heterocycles. The number of ether oxygens (including phenoxy) is 2. The summed E-state index contributed by atoms with van der Waals surface area (Å²) < 4.78 is 10.5. The molecule has 0 atom stereocenters. The molecule has 1 aliphatic rings. The average molecular weight is 252 g/mol. The fraction of sp³-hybridized carbons (Fsp3) is 0.692. The van der Waals surface area contributed by atoms with Gasteiger partial charge in [0.1, 0.15) is 5.56 Å². The number of esters is 1. The van der Waals surface area contributed by atoms with Gasteiger partial charge in [-0.25, -0.2) is 4.79 Å². The first-order valence-corrected chi connectivity index (χ1v) is 6.65. The molecule has 1 saturated carbocycles. The van der Waals surface area contributed by atoms with Crippen molar-refractivity contribution in [1.82, 2.24) is 10.2 Å². The predicted octanol–water partition coefficient (Wildman–Crippen LogP) is 2.55. The minimum atomic E-state index is -0.387. The first kappa shape index (κ1) is 12.9. The van der Waals surface area contributed by atoms with Gasteiger partial charge in [0, 0.05) is 6.20 Å². The third-order valence-corrected chi connectivity index (χ3v) is 3.34. The second kappa shape index (κ2) is 6.42. The Morgan fingerprint density at radius 3 is 3.00 bits per heavy atom. The largest absolute Gasteiger partial charge is 0.476 e. The predicted molar refractivity (Wildman–Crippen MR) is 66.6 cm³/mol. The molecule has 0 aliphatic heterocycles. The van der Waals surface area contributed by atoms with Gasteiger partial charge in [0.2, 0.25) is 5.88 Å². The van der Waals surface area contributed by atoms with E-state index < -0.39 is 0 Å². The van der Waals surface area contributed by atoms with Crippen LogP contribution < -0.4 is 4.74 Å². The van der Waals surface area contributed by atoms with Gasteiger partial charge in [-0.15, -0.1) is 5.10 Å². The minimum Gasteiger partial charge on any atom is -0.476 e. The molecule has 0 aromatic carbocycles. The molecule has 1 aromatic rings. The van der Waals surface area contributed by atoms with Gasteiger partial charge < -0.3 is 9.47 Å². The smallest absolute Gasteiger partial charge is 0.345 e. The summed E-state index contributed by atoms with van der Waals surface area (Å²) in [5.41, 5.74) is 0.378. The molecule has 0 saturated heterocycles. The summed E-state index contributed by atoms with van der Waals surface area (Å²) in [5, 5.41) is 6.58. The normalized spacial score (nSPS) is 15.8. The SMILES string of the molecule is CCOC(=O)c1c[nH]nc1OCCC1CCCC1. The van der Waals surface area contributed by atoms with Crippen molar-refractivity contribution in [3.63, 3.8) is 0 Å². The van der Waals surface area contributed by atoms with Crippen molar-refractivity contribution in [2.45, 2.75) is 39.0 Å². The van der Waals surface area contributed by atoms with E-state index >= 15 is 0 Å². The summed E-state index contributed by atoms with van der Waals surface area (Å²) >= 11 is 0. The van der Waals surface area contributed by atoms with Gasteiger partial charge in [-0.2, -0.15) is 0 Å². The molecule has 0 amide bonds. The summed E-state index contributed by atoms with van der Waals surface area (Å²) in [4.78, 5) is 11.6. The van der Waals surface area contributed by atoms with E-state index in [0.717, 1.165) is 12.3 Å². The Balaban J connectivity index is 1.81. The van der Waals surface area contributed by atoms with Crippen LogP contribution in [0.3, 0.4) is 0 Å². The fourth-order valence-electron chi connectivity index (χ4n) is 2.36. The maximum Gasteiger partial charge on any atom is 0.345 e. The third-order valence-electron chi connectivity index (χ3n) is 3.34. The van der Waals surface area contributed by atoms with E-state index in [4.69, 9.17) is 9.47 Å². The summed E-state index contributed by atoms with van der Waals surface area (Å²) in [6.07, 6.45) is 7.82. The highest BCUT2D eigenvalue weighted by Crippen LogP contribution is 2.27. The maximum absolute atomic E-state index is 11.6. The number of hydrogen-bond donors (Lipinski definition) is 1. The van der Waals surface area contributed by atoms with Gasteiger partial charge in [0.05, 0.1) is 13.2 Å². The zero-order valence-electron chi connectivity index (χ0n) is 10.8. The fourth-order valence-corrected chi connectivity index (χ4v) is 2.36. The van der Waals surface area contributed by atoms with Crippen molar-refractivity contribution in [1.29, 1.82) is 0 Å². The molecule has 1 fully saturated rings. The monoisotopic (exact) mass is 252 g/mol. The van der Waals surface area contributed by atoms with Crippen LogP contribution >= 0.6 is 0 Å². The highest BCUT2D eigenvalue weighted by Gasteiger charge is 2.18. The molecule has 1 heterocycles. The number of aromatic nitrogens is 2. The molecule has 0 bridgehead atoms. The molecule has 5 heteroatoms. The van der Waals surface area contributed by atoms with Crippen LogP contribution in [0.15, 0.2) is 6.20 Å². The zero-order chi connectivity index (χ0) is 12.8. The Morgan fingerprint density at radius 1 is 1.50 bits per heavy atom. The third kappa shape index (κ3) is 3.24. The van der Waals surface area contributed by atoms with Gasteiger partial charge >= 0.3 is 5.97 Å². The first-order valence-electron chi connectivity index (χ1n) is 6.65. The van der Waals surface area contributed by atoms with Gasteiger partial charge in [-0.05, 0) is 19.3 Å². The number of hydrogen-bond acceptors (Lipinski definition) is 4. The lowest BCUT2D eigenvalue weighted by Gasteiger charge is -2.09. The van der Waals surface area contributed by atoms with Crippen LogP contribution in [0.2, 0.25) is 0 Å². The lowest BCUT2D eigenvalue weighted by Crippen LogP contribution is -2.09. The summed E-state index contributed by atoms with van der Waals surface area (Å²) in [5.74, 6) is 0.739. The van der Waals surface area contributed by atoms with Crippen molar-refractivity contribution >= 4 is 5.97 Å². The number of rotatable bonds is 6. The molecule has 18 heavy (non-hydrogen) atoms. The summed E-state index contributed by atoms with van der Waals surface area (Å²) in [6, 6.07) is 0. The van der Waals surface area contributed by atoms with Crippen LogP contribution in [0.25, 0.3) is 0 Å². The van der Waals surface area contributed by atoms with Gasteiger partial charge in [-0.1, -0.05) is 25.7 Å². The number of aromatic amines is 1. The number of carbonyl (C=O) groups is 1. The molecule has 5 nitrogen and oxygen atoms in total. The highest BCUT2D eigenvalue weighted by atomic mass is 16.5. The lowest BCUT2D eigenvalue weighted by atomic mass is 10.1. The maximum atomic E-state index is 11.6. The Morgan fingerprint density at radius 2 is 2.28 bits per heavy atom. The summed E-state index contributed by atoms with van der Waals surface area (Å²) in [6.45, 7) is 2.74. The van der Waals surface area contributed by atoms with Crippen LogP contribution in [-0.4, -0.2) is 29.4 Å². The molecule has 1 N–H and O–H groups in total. The minimum absolute atomic E-state index is 0.353. The number of H-pyrrole nitrogens is 1. The highest BCUT2D eigenvalue weighted by molar-refractivity contribution is 5.91. The van der Waals surface area contributed by atoms with E-state index in [9.17, 15) is 4.79 Å². The van der Waals surface area contributed by atoms with Crippen molar-refractivity contribution in [3.8, 4) is 5.88 Å². The second-order valence-electron chi connectivity index (χ2n) is 4.61. The van der Waals surface area contributed by atoms with Crippen LogP contribution in [-0.2, 0) is 4.74 Å². The van der Waals surface area contributed by atoms with Crippen LogP contribution in [0, 0.1) is 5.92 Å². The van der Waals surface area contributed by atoms with Crippen LogP contribution in [0.5, 0.6) is 5.88 Å². The first-order chi connectivity index (χ1) is 8.81. The van der Waals surface area contributed by atoms with Gasteiger partial charge in [0.25, 0.3) is 0 Å².